The van der Waals surface area contributed by atoms with Crippen molar-refractivity contribution in [3.8, 4) is 0 Å². The standard InChI is InChI=1S/C11H15F2N3/c1-6(2)15-11(14)16-10-8(12)5-4-7(3)9(10)13/h4-6H,1-3H3,(H3,14,15,16). The van der Waals surface area contributed by atoms with E-state index in [4.69, 9.17) is 5.73 Å². The lowest BCUT2D eigenvalue weighted by molar-refractivity contribution is 0.585. The first-order valence-electron chi connectivity index (χ1n) is 4.96. The first kappa shape index (κ1) is 12.4. The Balaban J connectivity index is 3.02. The number of rotatable bonds is 2. The second-order valence-electron chi connectivity index (χ2n) is 3.79. The van der Waals surface area contributed by atoms with Crippen molar-refractivity contribution >= 4 is 11.6 Å². The Morgan fingerprint density at radius 2 is 2.00 bits per heavy atom. The van der Waals surface area contributed by atoms with Gasteiger partial charge in [-0.05, 0) is 32.4 Å². The van der Waals surface area contributed by atoms with Crippen LogP contribution in [0.3, 0.4) is 0 Å². The second-order valence-corrected chi connectivity index (χ2v) is 3.79. The number of halogens is 2. The summed E-state index contributed by atoms with van der Waals surface area (Å²) in [5.41, 5.74) is 5.59. The van der Waals surface area contributed by atoms with Crippen LogP contribution in [0.15, 0.2) is 17.1 Å². The van der Waals surface area contributed by atoms with Crippen molar-refractivity contribution in [2.24, 2.45) is 10.7 Å². The highest BCUT2D eigenvalue weighted by atomic mass is 19.1. The van der Waals surface area contributed by atoms with Crippen molar-refractivity contribution in [2.75, 3.05) is 5.32 Å². The van der Waals surface area contributed by atoms with Crippen molar-refractivity contribution in [2.45, 2.75) is 26.8 Å². The summed E-state index contributed by atoms with van der Waals surface area (Å²) in [6.45, 7) is 5.19. The fraction of sp³-hybridized carbons (Fsp3) is 0.364. The summed E-state index contributed by atoms with van der Waals surface area (Å²) < 4.78 is 26.9. The minimum absolute atomic E-state index is 0.00148. The van der Waals surface area contributed by atoms with Crippen molar-refractivity contribution in [3.63, 3.8) is 0 Å². The number of guanidine groups is 1. The van der Waals surface area contributed by atoms with E-state index >= 15 is 0 Å². The largest absolute Gasteiger partial charge is 0.370 e. The number of hydrogen-bond donors (Lipinski definition) is 2. The summed E-state index contributed by atoms with van der Waals surface area (Å²) in [5.74, 6) is -1.34. The zero-order valence-corrected chi connectivity index (χ0v) is 9.51. The Morgan fingerprint density at radius 3 is 2.56 bits per heavy atom. The maximum Gasteiger partial charge on any atom is 0.193 e. The number of aryl methyl sites for hydroxylation is 1. The molecule has 88 valence electrons. The van der Waals surface area contributed by atoms with Crippen molar-refractivity contribution in [1.29, 1.82) is 0 Å². The topological polar surface area (TPSA) is 50.4 Å². The van der Waals surface area contributed by atoms with Gasteiger partial charge in [0.05, 0.1) is 0 Å². The molecule has 0 heterocycles. The van der Waals surface area contributed by atoms with Crippen LogP contribution < -0.4 is 11.1 Å². The van der Waals surface area contributed by atoms with Crippen LogP contribution in [0.5, 0.6) is 0 Å². The molecule has 1 rings (SSSR count). The summed E-state index contributed by atoms with van der Waals surface area (Å²) in [6, 6.07) is 2.51. The third-order valence-corrected chi connectivity index (χ3v) is 1.93. The highest BCUT2D eigenvalue weighted by molar-refractivity contribution is 5.92. The second kappa shape index (κ2) is 4.92. The van der Waals surface area contributed by atoms with Gasteiger partial charge in [-0.2, -0.15) is 0 Å². The van der Waals surface area contributed by atoms with Crippen LogP contribution in [0.1, 0.15) is 19.4 Å². The van der Waals surface area contributed by atoms with Crippen molar-refractivity contribution in [1.82, 2.24) is 0 Å². The van der Waals surface area contributed by atoms with Gasteiger partial charge in [0.25, 0.3) is 0 Å². The third-order valence-electron chi connectivity index (χ3n) is 1.93. The van der Waals surface area contributed by atoms with E-state index in [0.29, 0.717) is 5.56 Å². The van der Waals surface area contributed by atoms with Crippen molar-refractivity contribution < 1.29 is 8.78 Å². The average Bonchev–Trinajstić information content (AvgIpc) is 2.17. The van der Waals surface area contributed by atoms with E-state index in [2.05, 4.69) is 10.3 Å². The van der Waals surface area contributed by atoms with Crippen LogP contribution >= 0.6 is 0 Å². The summed E-state index contributed by atoms with van der Waals surface area (Å²) in [6.07, 6.45) is 0. The molecule has 1 aromatic carbocycles. The van der Waals surface area contributed by atoms with Crippen LogP contribution in [0.2, 0.25) is 0 Å². The van der Waals surface area contributed by atoms with Gasteiger partial charge in [0, 0.05) is 6.04 Å². The molecule has 0 bridgehead atoms. The molecule has 5 heteroatoms. The molecule has 0 aromatic heterocycles. The van der Waals surface area contributed by atoms with E-state index in [1.54, 1.807) is 6.92 Å². The molecule has 0 fully saturated rings. The molecule has 0 saturated carbocycles. The molecule has 3 N–H and O–H groups in total. The fourth-order valence-corrected chi connectivity index (χ4v) is 1.21. The van der Waals surface area contributed by atoms with E-state index in [1.807, 2.05) is 13.8 Å². The molecular weight excluding hydrogens is 212 g/mol. The van der Waals surface area contributed by atoms with Gasteiger partial charge < -0.3 is 11.1 Å². The van der Waals surface area contributed by atoms with E-state index in [1.165, 1.54) is 12.1 Å². The zero-order chi connectivity index (χ0) is 12.3. The van der Waals surface area contributed by atoms with Gasteiger partial charge in [0.15, 0.2) is 11.8 Å². The molecule has 0 aliphatic rings. The lowest BCUT2D eigenvalue weighted by atomic mass is 10.2. The smallest absolute Gasteiger partial charge is 0.193 e. The van der Waals surface area contributed by atoms with E-state index in [0.717, 1.165) is 0 Å². The number of aliphatic imine (C=N–C) groups is 1. The average molecular weight is 227 g/mol. The highest BCUT2D eigenvalue weighted by Crippen LogP contribution is 2.21. The SMILES string of the molecule is Cc1ccc(F)c(NC(N)=NC(C)C)c1F. The van der Waals surface area contributed by atoms with Crippen molar-refractivity contribution in [3.05, 3.63) is 29.3 Å². The van der Waals surface area contributed by atoms with Gasteiger partial charge in [-0.25, -0.2) is 8.78 Å². The number of anilines is 1. The van der Waals surface area contributed by atoms with Crippen LogP contribution in [-0.2, 0) is 0 Å². The quantitative estimate of drug-likeness (QED) is 0.602. The maximum absolute atomic E-state index is 13.5. The predicted octanol–water partition coefficient (Wildman–Crippen LogP) is 2.41. The van der Waals surface area contributed by atoms with Gasteiger partial charge in [-0.15, -0.1) is 0 Å². The molecular formula is C11H15F2N3. The van der Waals surface area contributed by atoms with Gasteiger partial charge >= 0.3 is 0 Å². The summed E-state index contributed by atoms with van der Waals surface area (Å²) in [7, 11) is 0. The lowest BCUT2D eigenvalue weighted by Gasteiger charge is -2.10. The predicted molar refractivity (Wildman–Crippen MR) is 61.5 cm³/mol. The number of nitrogens with two attached hydrogens (primary N) is 1. The minimum Gasteiger partial charge on any atom is -0.370 e. The monoisotopic (exact) mass is 227 g/mol. The first-order valence-corrected chi connectivity index (χ1v) is 4.96. The Hall–Kier alpha value is -1.65. The number of nitrogens with zero attached hydrogens (tertiary/aromatic N) is 1. The molecule has 3 nitrogen and oxygen atoms in total. The van der Waals surface area contributed by atoms with Gasteiger partial charge in [-0.1, -0.05) is 6.07 Å². The number of nitrogens with one attached hydrogen (secondary N) is 1. The molecule has 0 amide bonds. The molecule has 0 spiro atoms. The fourth-order valence-electron chi connectivity index (χ4n) is 1.21. The Labute approximate surface area is 93.4 Å². The van der Waals surface area contributed by atoms with Gasteiger partial charge in [-0.3, -0.25) is 4.99 Å². The number of hydrogen-bond acceptors (Lipinski definition) is 1. The zero-order valence-electron chi connectivity index (χ0n) is 9.51. The maximum atomic E-state index is 13.5. The molecule has 0 atom stereocenters. The third kappa shape index (κ3) is 2.92. The van der Waals surface area contributed by atoms with Crippen LogP contribution in [0.25, 0.3) is 0 Å². The van der Waals surface area contributed by atoms with E-state index < -0.39 is 11.6 Å². The Morgan fingerprint density at radius 1 is 1.38 bits per heavy atom. The molecule has 0 saturated heterocycles. The Bertz CT molecular complexity index is 414. The molecule has 0 unspecified atom stereocenters. The molecule has 16 heavy (non-hydrogen) atoms. The van der Waals surface area contributed by atoms with E-state index in [-0.39, 0.29) is 17.7 Å². The van der Waals surface area contributed by atoms with Crippen LogP contribution in [0.4, 0.5) is 14.5 Å². The minimum atomic E-state index is -0.690. The van der Waals surface area contributed by atoms with Crippen LogP contribution in [0, 0.1) is 18.6 Å². The molecule has 0 radical (unpaired) electrons. The molecule has 0 aliphatic carbocycles. The summed E-state index contributed by atoms with van der Waals surface area (Å²) in [4.78, 5) is 3.93. The Kier molecular flexibility index (Phi) is 3.82. The normalized spacial score (nSPS) is 12.0. The van der Waals surface area contributed by atoms with E-state index in [9.17, 15) is 8.78 Å². The van der Waals surface area contributed by atoms with Gasteiger partial charge in [0.1, 0.15) is 11.5 Å². The van der Waals surface area contributed by atoms with Gasteiger partial charge in [0.2, 0.25) is 0 Å². The summed E-state index contributed by atoms with van der Waals surface area (Å²) >= 11 is 0. The summed E-state index contributed by atoms with van der Waals surface area (Å²) in [5, 5.41) is 2.43. The number of benzene rings is 1. The first-order chi connectivity index (χ1) is 7.41. The molecule has 0 aliphatic heterocycles. The van der Waals surface area contributed by atoms with Crippen LogP contribution in [-0.4, -0.2) is 12.0 Å². The lowest BCUT2D eigenvalue weighted by Crippen LogP contribution is -2.25. The highest BCUT2D eigenvalue weighted by Gasteiger charge is 2.12. The molecule has 1 aromatic rings.